The summed E-state index contributed by atoms with van der Waals surface area (Å²) in [5, 5.41) is 6.44. The summed E-state index contributed by atoms with van der Waals surface area (Å²) >= 11 is 0. The van der Waals surface area contributed by atoms with Crippen LogP contribution >= 0.6 is 0 Å². The molecule has 0 fully saturated rings. The largest absolute Gasteiger partial charge is 0.336 e. The van der Waals surface area contributed by atoms with Crippen LogP contribution in [-0.2, 0) is 4.79 Å². The number of carbonyl (C=O) groups excluding carboxylic acids is 1. The van der Waals surface area contributed by atoms with Gasteiger partial charge in [-0.25, -0.2) is 0 Å². The van der Waals surface area contributed by atoms with E-state index < -0.39 is 0 Å². The number of benzene rings is 3. The molecule has 3 heterocycles. The minimum Gasteiger partial charge on any atom is -0.336 e. The van der Waals surface area contributed by atoms with Gasteiger partial charge in [-0.15, -0.1) is 0 Å². The first-order valence-electron chi connectivity index (χ1n) is 13.4. The lowest BCUT2D eigenvalue weighted by Gasteiger charge is -2.30. The van der Waals surface area contributed by atoms with Crippen LogP contribution in [0.2, 0.25) is 0 Å². The van der Waals surface area contributed by atoms with Crippen LogP contribution in [0, 0.1) is 6.92 Å². The highest BCUT2D eigenvalue weighted by Gasteiger charge is 2.20. The lowest BCUT2D eigenvalue weighted by Crippen LogP contribution is -2.21. The number of carbonyl (C=O) groups is 1. The molecule has 0 radical (unpaired) electrons. The Morgan fingerprint density at radius 2 is 1.85 bits per heavy atom. The van der Waals surface area contributed by atoms with E-state index in [2.05, 4.69) is 82.0 Å². The van der Waals surface area contributed by atoms with Crippen LogP contribution in [-0.4, -0.2) is 48.0 Å². The topological polar surface area (TPSA) is 61.4 Å². The summed E-state index contributed by atoms with van der Waals surface area (Å²) in [7, 11) is 3.95. The third kappa shape index (κ3) is 5.09. The van der Waals surface area contributed by atoms with Gasteiger partial charge in [0, 0.05) is 65.5 Å². The number of amides is 1. The summed E-state index contributed by atoms with van der Waals surface area (Å²) in [4.78, 5) is 26.0. The van der Waals surface area contributed by atoms with E-state index in [9.17, 15) is 4.79 Å². The molecular formula is C34H31N5O. The first kappa shape index (κ1) is 25.5. The summed E-state index contributed by atoms with van der Waals surface area (Å²) in [5.74, 6) is -0.133. The van der Waals surface area contributed by atoms with Crippen LogP contribution in [0.1, 0.15) is 11.1 Å². The molecule has 0 saturated carbocycles. The van der Waals surface area contributed by atoms with Crippen LogP contribution in [0.4, 0.5) is 17.1 Å². The van der Waals surface area contributed by atoms with Gasteiger partial charge in [-0.05, 0) is 79.5 Å². The van der Waals surface area contributed by atoms with Crippen molar-refractivity contribution in [1.82, 2.24) is 14.9 Å². The highest BCUT2D eigenvalue weighted by Crippen LogP contribution is 2.40. The number of pyridine rings is 2. The minimum absolute atomic E-state index is 0.133. The molecule has 6 nitrogen and oxygen atoms in total. The lowest BCUT2D eigenvalue weighted by atomic mass is 9.97. The van der Waals surface area contributed by atoms with Crippen molar-refractivity contribution in [3.8, 4) is 11.1 Å². The number of nitrogens with zero attached hydrogens (tertiary/aromatic N) is 4. The van der Waals surface area contributed by atoms with Crippen LogP contribution in [0.15, 0.2) is 97.5 Å². The zero-order chi connectivity index (χ0) is 27.6. The number of aromatic nitrogens is 2. The summed E-state index contributed by atoms with van der Waals surface area (Å²) in [6, 6.07) is 21.2. The Bertz CT molecular complexity index is 1800. The van der Waals surface area contributed by atoms with Gasteiger partial charge in [-0.2, -0.15) is 0 Å². The van der Waals surface area contributed by atoms with Gasteiger partial charge < -0.3 is 15.1 Å². The van der Waals surface area contributed by atoms with Crippen molar-refractivity contribution < 1.29 is 4.79 Å². The Hall–Kier alpha value is -4.81. The van der Waals surface area contributed by atoms with Crippen molar-refractivity contribution in [2.45, 2.75) is 6.92 Å². The molecule has 1 aliphatic heterocycles. The molecule has 1 aliphatic rings. The molecule has 2 aromatic heterocycles. The Kier molecular flexibility index (Phi) is 6.84. The van der Waals surface area contributed by atoms with Crippen molar-refractivity contribution in [2.75, 3.05) is 37.4 Å². The predicted molar refractivity (Wildman–Crippen MR) is 166 cm³/mol. The quantitative estimate of drug-likeness (QED) is 0.242. The number of nitrogens with one attached hydrogen (secondary N) is 1. The monoisotopic (exact) mass is 525 g/mol. The van der Waals surface area contributed by atoms with E-state index in [4.69, 9.17) is 4.98 Å². The normalized spacial score (nSPS) is 12.9. The molecular weight excluding hydrogens is 494 g/mol. The van der Waals surface area contributed by atoms with Crippen molar-refractivity contribution >= 4 is 50.7 Å². The Morgan fingerprint density at radius 1 is 1.00 bits per heavy atom. The number of anilines is 3. The Labute approximate surface area is 234 Å². The van der Waals surface area contributed by atoms with E-state index in [1.807, 2.05) is 56.7 Å². The Morgan fingerprint density at radius 3 is 2.73 bits per heavy atom. The number of hydrogen-bond donors (Lipinski definition) is 1. The number of aryl methyl sites for hydroxylation is 1. The predicted octanol–water partition coefficient (Wildman–Crippen LogP) is 6.98. The zero-order valence-corrected chi connectivity index (χ0v) is 22.9. The van der Waals surface area contributed by atoms with E-state index in [0.717, 1.165) is 62.1 Å². The maximum atomic E-state index is 12.6. The van der Waals surface area contributed by atoms with E-state index in [0.29, 0.717) is 6.54 Å². The van der Waals surface area contributed by atoms with E-state index in [-0.39, 0.29) is 5.91 Å². The van der Waals surface area contributed by atoms with Gasteiger partial charge in [-0.1, -0.05) is 42.5 Å². The highest BCUT2D eigenvalue weighted by atomic mass is 16.1. The summed E-state index contributed by atoms with van der Waals surface area (Å²) in [6.45, 7) is 3.44. The molecule has 0 atom stereocenters. The summed E-state index contributed by atoms with van der Waals surface area (Å²) in [5.41, 5.74) is 8.22. The molecule has 0 saturated heterocycles. The first-order chi connectivity index (χ1) is 19.5. The summed E-state index contributed by atoms with van der Waals surface area (Å²) < 4.78 is 0. The third-order valence-electron chi connectivity index (χ3n) is 7.23. The van der Waals surface area contributed by atoms with Gasteiger partial charge in [0.1, 0.15) is 0 Å². The van der Waals surface area contributed by atoms with Crippen LogP contribution in [0.3, 0.4) is 0 Å². The maximum absolute atomic E-state index is 12.6. The highest BCUT2D eigenvalue weighted by molar-refractivity contribution is 6.03. The number of likely N-dealkylation sites (N-methyl/N-ethyl adjacent to an activating group) is 1. The number of hydrogen-bond acceptors (Lipinski definition) is 5. The van der Waals surface area contributed by atoms with Gasteiger partial charge in [0.2, 0.25) is 5.91 Å². The van der Waals surface area contributed by atoms with Gasteiger partial charge in [0.15, 0.2) is 0 Å². The van der Waals surface area contributed by atoms with Gasteiger partial charge in [-0.3, -0.25) is 14.8 Å². The van der Waals surface area contributed by atoms with Crippen LogP contribution < -0.4 is 10.2 Å². The lowest BCUT2D eigenvalue weighted by molar-refractivity contribution is -0.111. The van der Waals surface area contributed by atoms with Crippen LogP contribution in [0.25, 0.3) is 38.9 Å². The van der Waals surface area contributed by atoms with E-state index >= 15 is 0 Å². The van der Waals surface area contributed by atoms with E-state index in [1.54, 1.807) is 6.08 Å². The molecule has 40 heavy (non-hydrogen) atoms. The minimum atomic E-state index is -0.133. The molecule has 3 aromatic carbocycles. The summed E-state index contributed by atoms with van der Waals surface area (Å²) in [6.07, 6.45) is 13.4. The van der Waals surface area contributed by atoms with Crippen molar-refractivity contribution in [2.24, 2.45) is 0 Å². The second-order valence-electron chi connectivity index (χ2n) is 10.4. The zero-order valence-electron chi connectivity index (χ0n) is 22.9. The smallest absolute Gasteiger partial charge is 0.248 e. The number of fused-ring (bicyclic) bond motifs is 4. The average molecular weight is 526 g/mol. The molecule has 1 amide bonds. The van der Waals surface area contributed by atoms with Gasteiger partial charge in [0.25, 0.3) is 0 Å². The standard InChI is InChI=1S/C34H31N5O/c1-23-8-12-29(20-32(23)37-33(40)7-5-16-38(2)3)39-17-4-6-27-22-36-31-13-11-26(19-30(31)34(27)39)25-10-9-24-14-15-35-21-28(24)18-25/h4-15,18-22H,16-17H2,1-3H3,(H,37,40). The first-order valence-corrected chi connectivity index (χ1v) is 13.4. The molecule has 6 rings (SSSR count). The molecule has 1 N–H and O–H groups in total. The number of rotatable bonds is 6. The van der Waals surface area contributed by atoms with Gasteiger partial charge in [0.05, 0.1) is 11.2 Å². The average Bonchev–Trinajstić information content (AvgIpc) is 2.97. The van der Waals surface area contributed by atoms with Gasteiger partial charge >= 0.3 is 0 Å². The molecule has 6 heteroatoms. The van der Waals surface area contributed by atoms with E-state index in [1.165, 1.54) is 5.39 Å². The third-order valence-corrected chi connectivity index (χ3v) is 7.23. The molecule has 0 bridgehead atoms. The van der Waals surface area contributed by atoms with Crippen LogP contribution in [0.5, 0.6) is 0 Å². The van der Waals surface area contributed by atoms with Crippen molar-refractivity contribution in [1.29, 1.82) is 0 Å². The van der Waals surface area contributed by atoms with Crippen molar-refractivity contribution in [3.63, 3.8) is 0 Å². The SMILES string of the molecule is Cc1ccc(N2CC=Cc3cnc4ccc(-c5ccc6ccncc6c5)cc4c32)cc1NC(=O)C=CCN(C)C. The molecule has 198 valence electrons. The fourth-order valence-corrected chi connectivity index (χ4v) is 5.13. The van der Waals surface area contributed by atoms with Crippen molar-refractivity contribution in [3.05, 3.63) is 109 Å². The second kappa shape index (κ2) is 10.8. The second-order valence-corrected chi connectivity index (χ2v) is 10.4. The fourth-order valence-electron chi connectivity index (χ4n) is 5.13. The molecule has 0 aliphatic carbocycles. The Balaban J connectivity index is 1.39. The maximum Gasteiger partial charge on any atom is 0.248 e. The fraction of sp³-hybridized carbons (Fsp3) is 0.147. The molecule has 0 spiro atoms. The molecule has 5 aromatic rings. The molecule has 0 unspecified atom stereocenters.